The number of pyridine rings is 1. The van der Waals surface area contributed by atoms with Crippen molar-refractivity contribution in [3.63, 3.8) is 0 Å². The molecular weight excluding hydrogens is 398 g/mol. The summed E-state index contributed by atoms with van der Waals surface area (Å²) in [5.74, 6) is -0.637. The third-order valence-electron chi connectivity index (χ3n) is 5.60. The molecule has 178 valence electrons. The minimum absolute atomic E-state index is 0.0917. The predicted molar refractivity (Wildman–Crippen MR) is 131 cm³/mol. The molecule has 32 heavy (non-hydrogen) atoms. The van der Waals surface area contributed by atoms with E-state index in [2.05, 4.69) is 16.5 Å². The van der Waals surface area contributed by atoms with E-state index in [4.69, 9.17) is 10.00 Å². The highest BCUT2D eigenvalue weighted by Gasteiger charge is 2.08. The zero-order valence-electron chi connectivity index (χ0n) is 20.4. The maximum absolute atomic E-state index is 11.6. The monoisotopic (exact) mass is 441 g/mol. The molecule has 0 aliphatic heterocycles. The molecule has 1 rings (SSSR count). The van der Waals surface area contributed by atoms with Crippen molar-refractivity contribution in [3.8, 4) is 6.07 Å². The highest BCUT2D eigenvalue weighted by atomic mass is 16.5. The molecule has 0 saturated carbocycles. The van der Waals surface area contributed by atoms with Crippen LogP contribution < -0.4 is 5.36 Å². The quantitative estimate of drug-likeness (QED) is 0.108. The molecule has 0 saturated heterocycles. The van der Waals surface area contributed by atoms with E-state index in [0.717, 1.165) is 6.54 Å². The van der Waals surface area contributed by atoms with Gasteiger partial charge in [-0.1, -0.05) is 90.4 Å². The van der Waals surface area contributed by atoms with Crippen LogP contribution in [0.3, 0.4) is 0 Å². The molecule has 0 radical (unpaired) electrons. The van der Waals surface area contributed by atoms with Crippen molar-refractivity contribution in [3.05, 3.63) is 41.7 Å². The molecule has 0 aliphatic rings. The second-order valence-electron chi connectivity index (χ2n) is 8.39. The second kappa shape index (κ2) is 19.3. The van der Waals surface area contributed by atoms with Gasteiger partial charge in [0.05, 0.1) is 18.2 Å². The average Bonchev–Trinajstić information content (AvgIpc) is 2.81. The Labute approximate surface area is 195 Å². The van der Waals surface area contributed by atoms with E-state index in [-0.39, 0.29) is 12.2 Å². The Morgan fingerprint density at radius 3 is 1.88 bits per heavy atom. The first-order valence-corrected chi connectivity index (χ1v) is 12.7. The standard InChI is InChI=1S/C27H43N3O2/c1-3-5-6-7-8-9-10-11-12-13-14-15-16-17-20-30-21-18-26(19-22-30)29-24-25(23-28)27(31)32-4-2/h18-19,21-22,24H,3-17,20H2,1-2H3. The van der Waals surface area contributed by atoms with Crippen LogP contribution in [0, 0.1) is 11.3 Å². The molecule has 0 amide bonds. The lowest BCUT2D eigenvalue weighted by atomic mass is 10.0. The minimum Gasteiger partial charge on any atom is -0.462 e. The molecular formula is C27H43N3O2. The fourth-order valence-corrected chi connectivity index (χ4v) is 3.65. The SMILES string of the molecule is CCCCCCCCCCCCCCCCn1ccc(=NC=C(C#N)C(=O)OCC)cc1. The van der Waals surface area contributed by atoms with E-state index >= 15 is 0 Å². The van der Waals surface area contributed by atoms with Gasteiger partial charge in [0, 0.05) is 18.9 Å². The molecule has 1 aromatic heterocycles. The molecule has 0 atom stereocenters. The first-order valence-electron chi connectivity index (χ1n) is 12.7. The molecule has 0 aromatic carbocycles. The van der Waals surface area contributed by atoms with Crippen LogP contribution in [0.4, 0.5) is 0 Å². The summed E-state index contributed by atoms with van der Waals surface area (Å²) in [5, 5.41) is 9.73. The lowest BCUT2D eigenvalue weighted by Gasteiger charge is -2.06. The number of carbonyl (C=O) groups is 1. The topological polar surface area (TPSA) is 67.4 Å². The number of hydrogen-bond acceptors (Lipinski definition) is 4. The summed E-state index contributed by atoms with van der Waals surface area (Å²) in [4.78, 5) is 15.8. The number of carbonyl (C=O) groups excluding carboxylic acids is 1. The average molecular weight is 442 g/mol. The highest BCUT2D eigenvalue weighted by Crippen LogP contribution is 2.13. The number of unbranched alkanes of at least 4 members (excludes halogenated alkanes) is 13. The van der Waals surface area contributed by atoms with Gasteiger partial charge in [-0.2, -0.15) is 5.26 Å². The van der Waals surface area contributed by atoms with Gasteiger partial charge >= 0.3 is 5.97 Å². The van der Waals surface area contributed by atoms with Gasteiger partial charge in [-0.15, -0.1) is 0 Å². The number of aryl methyl sites for hydroxylation is 1. The van der Waals surface area contributed by atoms with Crippen molar-refractivity contribution in [1.82, 2.24) is 4.57 Å². The van der Waals surface area contributed by atoms with Crippen LogP contribution >= 0.6 is 0 Å². The van der Waals surface area contributed by atoms with Crippen LogP contribution in [-0.4, -0.2) is 17.1 Å². The Balaban J connectivity index is 2.12. The van der Waals surface area contributed by atoms with E-state index in [9.17, 15) is 4.79 Å². The Bertz CT molecular complexity index is 738. The van der Waals surface area contributed by atoms with Crippen LogP contribution in [0.25, 0.3) is 0 Å². The van der Waals surface area contributed by atoms with Gasteiger partial charge in [-0.3, -0.25) is 4.99 Å². The van der Waals surface area contributed by atoms with Crippen LogP contribution in [-0.2, 0) is 16.1 Å². The minimum atomic E-state index is -0.637. The molecule has 0 bridgehead atoms. The summed E-state index contributed by atoms with van der Waals surface area (Å²) in [6, 6.07) is 5.60. The van der Waals surface area contributed by atoms with Crippen molar-refractivity contribution >= 4 is 5.97 Å². The zero-order valence-corrected chi connectivity index (χ0v) is 20.4. The first kappa shape index (κ1) is 27.7. The zero-order chi connectivity index (χ0) is 23.3. The summed E-state index contributed by atoms with van der Waals surface area (Å²) in [6.45, 7) is 5.22. The second-order valence-corrected chi connectivity index (χ2v) is 8.39. The van der Waals surface area contributed by atoms with E-state index < -0.39 is 5.97 Å². The van der Waals surface area contributed by atoms with Gasteiger partial charge in [0.2, 0.25) is 0 Å². The van der Waals surface area contributed by atoms with Crippen molar-refractivity contribution in [1.29, 1.82) is 5.26 Å². The van der Waals surface area contributed by atoms with Gasteiger partial charge in [-0.25, -0.2) is 4.79 Å². The van der Waals surface area contributed by atoms with Crippen LogP contribution in [0.15, 0.2) is 41.3 Å². The van der Waals surface area contributed by atoms with Gasteiger partial charge in [0.15, 0.2) is 5.57 Å². The number of aromatic nitrogens is 1. The molecule has 0 fully saturated rings. The number of rotatable bonds is 18. The largest absolute Gasteiger partial charge is 0.462 e. The molecule has 1 aromatic rings. The van der Waals surface area contributed by atoms with E-state index in [1.165, 1.54) is 96.1 Å². The van der Waals surface area contributed by atoms with Crippen molar-refractivity contribution < 1.29 is 9.53 Å². The number of esters is 1. The number of hydrogen-bond donors (Lipinski definition) is 0. The molecule has 5 heteroatoms. The highest BCUT2D eigenvalue weighted by molar-refractivity contribution is 5.92. The third-order valence-corrected chi connectivity index (χ3v) is 5.60. The summed E-state index contributed by atoms with van der Waals surface area (Å²) >= 11 is 0. The Hall–Kier alpha value is -2.35. The molecule has 0 N–H and O–H groups in total. The van der Waals surface area contributed by atoms with Crippen LogP contribution in [0.5, 0.6) is 0 Å². The summed E-state index contributed by atoms with van der Waals surface area (Å²) in [6.07, 6.45) is 24.4. The Morgan fingerprint density at radius 2 is 1.41 bits per heavy atom. The predicted octanol–water partition coefficient (Wildman–Crippen LogP) is 6.84. The van der Waals surface area contributed by atoms with Crippen molar-refractivity contribution in [2.24, 2.45) is 4.99 Å². The smallest absolute Gasteiger partial charge is 0.350 e. The first-order chi connectivity index (χ1) is 15.7. The van der Waals surface area contributed by atoms with Gasteiger partial charge in [0.25, 0.3) is 0 Å². The summed E-state index contributed by atoms with van der Waals surface area (Å²) in [7, 11) is 0. The van der Waals surface area contributed by atoms with Gasteiger partial charge in [-0.05, 0) is 25.5 Å². The normalized spacial score (nSPS) is 11.2. The van der Waals surface area contributed by atoms with Crippen molar-refractivity contribution in [2.75, 3.05) is 6.61 Å². The van der Waals surface area contributed by atoms with Gasteiger partial charge < -0.3 is 9.30 Å². The molecule has 0 spiro atoms. The number of ether oxygens (including phenoxy) is 1. The maximum Gasteiger partial charge on any atom is 0.350 e. The molecule has 1 heterocycles. The van der Waals surface area contributed by atoms with Crippen molar-refractivity contribution in [2.45, 2.75) is 110 Å². The number of nitrogens with zero attached hydrogens (tertiary/aromatic N) is 3. The third kappa shape index (κ3) is 13.9. The summed E-state index contributed by atoms with van der Waals surface area (Å²) < 4.78 is 6.98. The fraction of sp³-hybridized carbons (Fsp3) is 0.667. The summed E-state index contributed by atoms with van der Waals surface area (Å²) in [5.41, 5.74) is -0.0917. The number of nitriles is 1. The van der Waals surface area contributed by atoms with E-state index in [1.54, 1.807) is 6.92 Å². The molecule has 0 aliphatic carbocycles. The van der Waals surface area contributed by atoms with E-state index in [1.807, 2.05) is 30.6 Å². The molecule has 5 nitrogen and oxygen atoms in total. The Kier molecular flexibility index (Phi) is 16.7. The fourth-order valence-electron chi connectivity index (χ4n) is 3.65. The lowest BCUT2D eigenvalue weighted by molar-refractivity contribution is -0.138. The van der Waals surface area contributed by atoms with Gasteiger partial charge in [0.1, 0.15) is 6.07 Å². The lowest BCUT2D eigenvalue weighted by Crippen LogP contribution is -2.08. The van der Waals surface area contributed by atoms with E-state index in [0.29, 0.717) is 5.36 Å². The van der Waals surface area contributed by atoms with Crippen LogP contribution in [0.2, 0.25) is 0 Å². The maximum atomic E-state index is 11.6. The Morgan fingerprint density at radius 1 is 0.906 bits per heavy atom. The molecule has 0 unspecified atom stereocenters. The van der Waals surface area contributed by atoms with Crippen LogP contribution in [0.1, 0.15) is 104 Å².